The minimum atomic E-state index is -0.306. The van der Waals surface area contributed by atoms with Gasteiger partial charge in [0.05, 0.1) is 21.3 Å². The molecule has 2 N–H and O–H groups in total. The number of benzene rings is 2. The molecule has 0 aliphatic heterocycles. The van der Waals surface area contributed by atoms with Crippen molar-refractivity contribution < 1.29 is 23.8 Å². The lowest BCUT2D eigenvalue weighted by atomic mass is 10.1. The van der Waals surface area contributed by atoms with Gasteiger partial charge in [0, 0.05) is 30.1 Å². The smallest absolute Gasteiger partial charge is 0.251 e. The van der Waals surface area contributed by atoms with Crippen molar-refractivity contribution in [3.05, 3.63) is 52.5 Å². The van der Waals surface area contributed by atoms with Crippen LogP contribution in [0.25, 0.3) is 0 Å². The van der Waals surface area contributed by atoms with Gasteiger partial charge in [-0.1, -0.05) is 23.7 Å². The quantitative estimate of drug-likeness (QED) is 0.577. The molecule has 8 heteroatoms. The monoisotopic (exact) mass is 420 g/mol. The number of hydrogen-bond acceptors (Lipinski definition) is 5. The Morgan fingerprint density at radius 1 is 0.897 bits per heavy atom. The molecule has 2 aromatic carbocycles. The van der Waals surface area contributed by atoms with Crippen molar-refractivity contribution in [1.29, 1.82) is 0 Å². The molecular weight excluding hydrogens is 396 g/mol. The zero-order valence-electron chi connectivity index (χ0n) is 16.7. The highest BCUT2D eigenvalue weighted by Crippen LogP contribution is 2.38. The van der Waals surface area contributed by atoms with E-state index in [0.29, 0.717) is 53.8 Å². The predicted molar refractivity (Wildman–Crippen MR) is 111 cm³/mol. The van der Waals surface area contributed by atoms with Crippen molar-refractivity contribution in [2.24, 2.45) is 0 Å². The standard InChI is InChI=1S/C21H25ClN2O5/c1-27-17-12-15(13-18(28-2)20(17)29-3)21(26)24-11-10-23-19(25)9-6-14-4-7-16(22)8-5-14/h4-5,7-8,12-13H,6,9-11H2,1-3H3,(H,23,25)(H,24,26). The van der Waals surface area contributed by atoms with E-state index in [1.807, 2.05) is 12.1 Å². The second-order valence-electron chi connectivity index (χ2n) is 6.15. The fourth-order valence-corrected chi connectivity index (χ4v) is 2.82. The summed E-state index contributed by atoms with van der Waals surface area (Å²) in [6.07, 6.45) is 0.989. The summed E-state index contributed by atoms with van der Waals surface area (Å²) < 4.78 is 15.7. The maximum Gasteiger partial charge on any atom is 0.251 e. The van der Waals surface area contributed by atoms with E-state index in [2.05, 4.69) is 10.6 Å². The number of rotatable bonds is 10. The van der Waals surface area contributed by atoms with Gasteiger partial charge in [-0.2, -0.15) is 0 Å². The molecule has 29 heavy (non-hydrogen) atoms. The first-order chi connectivity index (χ1) is 14.0. The van der Waals surface area contributed by atoms with Gasteiger partial charge in [0.1, 0.15) is 0 Å². The van der Waals surface area contributed by atoms with Crippen LogP contribution in [0.15, 0.2) is 36.4 Å². The van der Waals surface area contributed by atoms with Crippen LogP contribution in [0, 0.1) is 0 Å². The Morgan fingerprint density at radius 3 is 2.03 bits per heavy atom. The normalized spacial score (nSPS) is 10.2. The van der Waals surface area contributed by atoms with E-state index in [1.165, 1.54) is 21.3 Å². The Bertz CT molecular complexity index is 814. The van der Waals surface area contributed by atoms with Crippen LogP contribution in [0.3, 0.4) is 0 Å². The van der Waals surface area contributed by atoms with Gasteiger partial charge in [-0.15, -0.1) is 0 Å². The largest absolute Gasteiger partial charge is 0.493 e. The molecule has 0 unspecified atom stereocenters. The lowest BCUT2D eigenvalue weighted by Gasteiger charge is -2.14. The first kappa shape index (κ1) is 22.4. The van der Waals surface area contributed by atoms with Crippen LogP contribution >= 0.6 is 11.6 Å². The zero-order valence-corrected chi connectivity index (χ0v) is 17.5. The predicted octanol–water partition coefficient (Wildman–Crippen LogP) is 2.84. The molecule has 0 aliphatic carbocycles. The summed E-state index contributed by atoms with van der Waals surface area (Å²) in [5, 5.41) is 6.21. The Balaban J connectivity index is 1.79. The minimum absolute atomic E-state index is 0.0815. The van der Waals surface area contributed by atoms with Crippen LogP contribution in [0.5, 0.6) is 17.2 Å². The fraction of sp³-hybridized carbons (Fsp3) is 0.333. The highest BCUT2D eigenvalue weighted by atomic mass is 35.5. The average Bonchev–Trinajstić information content (AvgIpc) is 2.74. The Kier molecular flexibility index (Phi) is 8.61. The Hall–Kier alpha value is -2.93. The molecule has 0 aromatic heterocycles. The van der Waals surface area contributed by atoms with Crippen molar-refractivity contribution in [3.63, 3.8) is 0 Å². The molecule has 156 valence electrons. The van der Waals surface area contributed by atoms with Crippen LogP contribution in [0.2, 0.25) is 5.02 Å². The molecule has 0 saturated heterocycles. The zero-order chi connectivity index (χ0) is 21.2. The number of carbonyl (C=O) groups is 2. The number of nitrogens with one attached hydrogen (secondary N) is 2. The van der Waals surface area contributed by atoms with Crippen LogP contribution < -0.4 is 24.8 Å². The summed E-state index contributed by atoms with van der Waals surface area (Å²) in [6, 6.07) is 10.5. The third-order valence-corrected chi connectivity index (χ3v) is 4.47. The summed E-state index contributed by atoms with van der Waals surface area (Å²) in [6.45, 7) is 0.623. The van der Waals surface area contributed by atoms with Gasteiger partial charge in [-0.25, -0.2) is 0 Å². The maximum absolute atomic E-state index is 12.4. The Morgan fingerprint density at radius 2 is 1.48 bits per heavy atom. The summed E-state index contributed by atoms with van der Waals surface area (Å²) in [5.74, 6) is 0.821. The van der Waals surface area contributed by atoms with Gasteiger partial charge >= 0.3 is 0 Å². The molecule has 0 fully saturated rings. The molecule has 0 bridgehead atoms. The van der Waals surface area contributed by atoms with E-state index in [-0.39, 0.29) is 11.8 Å². The number of carbonyl (C=O) groups excluding carboxylic acids is 2. The van der Waals surface area contributed by atoms with E-state index < -0.39 is 0 Å². The number of methoxy groups -OCH3 is 3. The number of ether oxygens (including phenoxy) is 3. The molecule has 0 spiro atoms. The van der Waals surface area contributed by atoms with Gasteiger partial charge in [0.2, 0.25) is 11.7 Å². The van der Waals surface area contributed by atoms with E-state index in [0.717, 1.165) is 5.56 Å². The lowest BCUT2D eigenvalue weighted by Crippen LogP contribution is -2.34. The highest BCUT2D eigenvalue weighted by molar-refractivity contribution is 6.30. The summed E-state index contributed by atoms with van der Waals surface area (Å²) >= 11 is 5.84. The highest BCUT2D eigenvalue weighted by Gasteiger charge is 2.16. The number of aryl methyl sites for hydroxylation is 1. The topological polar surface area (TPSA) is 85.9 Å². The maximum atomic E-state index is 12.4. The summed E-state index contributed by atoms with van der Waals surface area (Å²) in [7, 11) is 4.47. The van der Waals surface area contributed by atoms with Crippen LogP contribution in [-0.4, -0.2) is 46.2 Å². The first-order valence-electron chi connectivity index (χ1n) is 9.07. The molecule has 0 aliphatic rings. The average molecular weight is 421 g/mol. The van der Waals surface area contributed by atoms with Gasteiger partial charge in [0.15, 0.2) is 11.5 Å². The van der Waals surface area contributed by atoms with Crippen LogP contribution in [0.1, 0.15) is 22.3 Å². The molecule has 2 rings (SSSR count). The molecule has 2 aromatic rings. The van der Waals surface area contributed by atoms with Gasteiger partial charge < -0.3 is 24.8 Å². The third kappa shape index (κ3) is 6.57. The molecular formula is C21H25ClN2O5. The summed E-state index contributed by atoms with van der Waals surface area (Å²) in [4.78, 5) is 24.3. The van der Waals surface area contributed by atoms with Crippen LogP contribution in [-0.2, 0) is 11.2 Å². The number of halogens is 1. The van der Waals surface area contributed by atoms with Crippen molar-refractivity contribution in [3.8, 4) is 17.2 Å². The van der Waals surface area contributed by atoms with E-state index >= 15 is 0 Å². The third-order valence-electron chi connectivity index (χ3n) is 4.21. The van der Waals surface area contributed by atoms with Gasteiger partial charge in [-0.3, -0.25) is 9.59 Å². The number of hydrogen-bond donors (Lipinski definition) is 2. The molecule has 7 nitrogen and oxygen atoms in total. The second kappa shape index (κ2) is 11.2. The summed E-state index contributed by atoms with van der Waals surface area (Å²) in [5.41, 5.74) is 1.41. The minimum Gasteiger partial charge on any atom is -0.493 e. The van der Waals surface area contributed by atoms with Crippen molar-refractivity contribution in [1.82, 2.24) is 10.6 Å². The SMILES string of the molecule is COc1cc(C(=O)NCCNC(=O)CCc2ccc(Cl)cc2)cc(OC)c1OC. The fourth-order valence-electron chi connectivity index (χ4n) is 2.69. The lowest BCUT2D eigenvalue weighted by molar-refractivity contribution is -0.121. The van der Waals surface area contributed by atoms with Crippen molar-refractivity contribution in [2.75, 3.05) is 34.4 Å². The van der Waals surface area contributed by atoms with Gasteiger partial charge in [-0.05, 0) is 36.2 Å². The van der Waals surface area contributed by atoms with Crippen LogP contribution in [0.4, 0.5) is 0 Å². The Labute approximate surface area is 175 Å². The molecule has 0 saturated carbocycles. The van der Waals surface area contributed by atoms with Crippen molar-refractivity contribution in [2.45, 2.75) is 12.8 Å². The van der Waals surface area contributed by atoms with E-state index in [9.17, 15) is 9.59 Å². The van der Waals surface area contributed by atoms with E-state index in [4.69, 9.17) is 25.8 Å². The molecule has 0 heterocycles. The second-order valence-corrected chi connectivity index (χ2v) is 6.58. The van der Waals surface area contributed by atoms with Gasteiger partial charge in [0.25, 0.3) is 5.91 Å². The van der Waals surface area contributed by atoms with E-state index in [1.54, 1.807) is 24.3 Å². The molecule has 0 atom stereocenters. The van der Waals surface area contributed by atoms with Crippen molar-refractivity contribution >= 4 is 23.4 Å². The first-order valence-corrected chi connectivity index (χ1v) is 9.45. The molecule has 2 amide bonds. The number of amides is 2. The molecule has 0 radical (unpaired) electrons.